The molecule has 18 heavy (non-hydrogen) atoms. The Kier molecular flexibility index (Phi) is 2.68. The number of carboxylic acid groups (broad SMARTS) is 1. The highest BCUT2D eigenvalue weighted by Crippen LogP contribution is 2.55. The second-order valence-corrected chi connectivity index (χ2v) is 6.36. The molecule has 1 amide bonds. The molecule has 4 bridgehead atoms. The maximum atomic E-state index is 11.8. The molecule has 0 aliphatic heterocycles. The smallest absolute Gasteiger partial charge is 0.328 e. The SMILES string of the molecule is O=C(O)C=CC(=O)NC12CC3CC(CC(C3)C1)C2. The van der Waals surface area contributed by atoms with E-state index in [4.69, 9.17) is 5.11 Å². The molecule has 0 unspecified atom stereocenters. The third kappa shape index (κ3) is 2.16. The van der Waals surface area contributed by atoms with Crippen molar-refractivity contribution in [3.8, 4) is 0 Å². The first-order valence-electron chi connectivity index (χ1n) is 6.78. The Hall–Kier alpha value is -1.32. The van der Waals surface area contributed by atoms with Gasteiger partial charge in [0, 0.05) is 17.7 Å². The third-order valence-corrected chi connectivity index (χ3v) is 4.80. The van der Waals surface area contributed by atoms with Gasteiger partial charge in [0.05, 0.1) is 0 Å². The first kappa shape index (κ1) is 11.8. The van der Waals surface area contributed by atoms with Crippen LogP contribution in [-0.4, -0.2) is 22.5 Å². The molecule has 4 nitrogen and oxygen atoms in total. The minimum atomic E-state index is -1.07. The monoisotopic (exact) mass is 249 g/mol. The van der Waals surface area contributed by atoms with Gasteiger partial charge in [0.25, 0.3) is 0 Å². The van der Waals surface area contributed by atoms with Gasteiger partial charge in [0.1, 0.15) is 0 Å². The minimum Gasteiger partial charge on any atom is -0.478 e. The fraction of sp³-hybridized carbons (Fsp3) is 0.714. The zero-order valence-corrected chi connectivity index (χ0v) is 10.4. The maximum Gasteiger partial charge on any atom is 0.328 e. The van der Waals surface area contributed by atoms with Crippen LogP contribution in [0.2, 0.25) is 0 Å². The van der Waals surface area contributed by atoms with E-state index >= 15 is 0 Å². The van der Waals surface area contributed by atoms with Gasteiger partial charge in [-0.25, -0.2) is 4.79 Å². The zero-order chi connectivity index (χ0) is 12.8. The number of carboxylic acids is 1. The van der Waals surface area contributed by atoms with Gasteiger partial charge < -0.3 is 10.4 Å². The summed E-state index contributed by atoms with van der Waals surface area (Å²) in [5.74, 6) is 1.01. The number of nitrogens with one attached hydrogen (secondary N) is 1. The summed E-state index contributed by atoms with van der Waals surface area (Å²) in [4.78, 5) is 22.2. The quantitative estimate of drug-likeness (QED) is 0.748. The van der Waals surface area contributed by atoms with Gasteiger partial charge in [-0.15, -0.1) is 0 Å². The van der Waals surface area contributed by atoms with E-state index in [1.807, 2.05) is 0 Å². The van der Waals surface area contributed by atoms with Crippen LogP contribution < -0.4 is 5.32 Å². The summed E-state index contributed by atoms with van der Waals surface area (Å²) in [5.41, 5.74) is -0.0331. The normalized spacial score (nSPS) is 41.2. The fourth-order valence-electron chi connectivity index (χ4n) is 4.71. The van der Waals surface area contributed by atoms with Gasteiger partial charge in [-0.2, -0.15) is 0 Å². The zero-order valence-electron chi connectivity index (χ0n) is 10.4. The summed E-state index contributed by atoms with van der Waals surface area (Å²) < 4.78 is 0. The second-order valence-electron chi connectivity index (χ2n) is 6.36. The van der Waals surface area contributed by atoms with Crippen LogP contribution >= 0.6 is 0 Å². The summed E-state index contributed by atoms with van der Waals surface area (Å²) >= 11 is 0. The van der Waals surface area contributed by atoms with Gasteiger partial charge in [-0.05, 0) is 56.3 Å². The molecule has 0 aromatic rings. The van der Waals surface area contributed by atoms with Gasteiger partial charge >= 0.3 is 5.97 Å². The minimum absolute atomic E-state index is 0.0331. The van der Waals surface area contributed by atoms with E-state index in [1.165, 1.54) is 19.3 Å². The number of amides is 1. The number of hydrogen-bond acceptors (Lipinski definition) is 2. The van der Waals surface area contributed by atoms with Crippen molar-refractivity contribution in [3.05, 3.63) is 12.2 Å². The Balaban J connectivity index is 1.68. The molecule has 0 spiro atoms. The van der Waals surface area contributed by atoms with Crippen molar-refractivity contribution in [2.24, 2.45) is 17.8 Å². The van der Waals surface area contributed by atoms with Crippen LogP contribution in [0, 0.1) is 17.8 Å². The summed E-state index contributed by atoms with van der Waals surface area (Å²) in [6, 6.07) is 0. The van der Waals surface area contributed by atoms with Gasteiger partial charge in [-0.1, -0.05) is 0 Å². The number of aliphatic carboxylic acids is 1. The topological polar surface area (TPSA) is 66.4 Å². The Bertz CT molecular complexity index is 378. The van der Waals surface area contributed by atoms with E-state index in [-0.39, 0.29) is 11.4 Å². The largest absolute Gasteiger partial charge is 0.478 e. The predicted molar refractivity (Wildman–Crippen MR) is 65.8 cm³/mol. The van der Waals surface area contributed by atoms with Crippen LogP contribution in [-0.2, 0) is 9.59 Å². The van der Waals surface area contributed by atoms with Crippen LogP contribution in [0.4, 0.5) is 0 Å². The molecule has 4 aliphatic rings. The van der Waals surface area contributed by atoms with Crippen molar-refractivity contribution < 1.29 is 14.7 Å². The van der Waals surface area contributed by atoms with Crippen LogP contribution in [0.5, 0.6) is 0 Å². The number of carbonyl (C=O) groups excluding carboxylic acids is 1. The van der Waals surface area contributed by atoms with Crippen LogP contribution in [0.3, 0.4) is 0 Å². The van der Waals surface area contributed by atoms with Crippen molar-refractivity contribution in [2.45, 2.75) is 44.1 Å². The van der Waals surface area contributed by atoms with Crippen LogP contribution in [0.15, 0.2) is 12.2 Å². The average Bonchev–Trinajstić information content (AvgIpc) is 2.23. The Labute approximate surface area is 106 Å². The first-order valence-corrected chi connectivity index (χ1v) is 6.78. The average molecular weight is 249 g/mol. The van der Waals surface area contributed by atoms with E-state index in [1.54, 1.807) is 0 Å². The van der Waals surface area contributed by atoms with E-state index in [0.717, 1.165) is 49.2 Å². The molecule has 0 heterocycles. The molecule has 0 aromatic heterocycles. The number of rotatable bonds is 3. The second kappa shape index (κ2) is 4.11. The molecular formula is C14H19NO3. The standard InChI is InChI=1S/C14H19NO3/c16-12(1-2-13(17)18)15-14-6-9-3-10(7-14)5-11(4-9)8-14/h1-2,9-11H,3-8H2,(H,15,16)(H,17,18). The lowest BCUT2D eigenvalue weighted by molar-refractivity contribution is -0.132. The molecule has 0 radical (unpaired) electrons. The molecule has 4 saturated carbocycles. The van der Waals surface area contributed by atoms with Crippen LogP contribution in [0.1, 0.15) is 38.5 Å². The number of carbonyl (C=O) groups is 2. The first-order chi connectivity index (χ1) is 8.55. The molecule has 4 aliphatic carbocycles. The van der Waals surface area contributed by atoms with Gasteiger partial charge in [-0.3, -0.25) is 4.79 Å². The molecule has 0 atom stereocenters. The van der Waals surface area contributed by atoms with E-state index < -0.39 is 5.97 Å². The summed E-state index contributed by atoms with van der Waals surface area (Å²) in [6.45, 7) is 0. The predicted octanol–water partition coefficient (Wildman–Crippen LogP) is 1.71. The van der Waals surface area contributed by atoms with E-state index in [9.17, 15) is 9.59 Å². The molecule has 0 aromatic carbocycles. The molecular weight excluding hydrogens is 230 g/mol. The Morgan fingerprint density at radius 1 is 1.00 bits per heavy atom. The molecule has 4 heteroatoms. The fourth-order valence-corrected chi connectivity index (χ4v) is 4.71. The highest BCUT2D eigenvalue weighted by atomic mass is 16.4. The summed E-state index contributed by atoms with van der Waals surface area (Å²) in [6.07, 6.45) is 9.32. The highest BCUT2D eigenvalue weighted by Gasteiger charge is 2.51. The Morgan fingerprint density at radius 3 is 1.94 bits per heavy atom. The van der Waals surface area contributed by atoms with Gasteiger partial charge in [0.2, 0.25) is 5.91 Å². The van der Waals surface area contributed by atoms with Crippen molar-refractivity contribution in [1.82, 2.24) is 5.32 Å². The number of hydrogen-bond donors (Lipinski definition) is 2. The van der Waals surface area contributed by atoms with Crippen LogP contribution in [0.25, 0.3) is 0 Å². The van der Waals surface area contributed by atoms with E-state index in [0.29, 0.717) is 0 Å². The van der Waals surface area contributed by atoms with Crippen molar-refractivity contribution in [3.63, 3.8) is 0 Å². The van der Waals surface area contributed by atoms with Crippen molar-refractivity contribution >= 4 is 11.9 Å². The molecule has 4 fully saturated rings. The van der Waals surface area contributed by atoms with Gasteiger partial charge in [0.15, 0.2) is 0 Å². The molecule has 4 rings (SSSR count). The van der Waals surface area contributed by atoms with Crippen molar-refractivity contribution in [1.29, 1.82) is 0 Å². The van der Waals surface area contributed by atoms with E-state index in [2.05, 4.69) is 5.32 Å². The summed E-state index contributed by atoms with van der Waals surface area (Å²) in [5, 5.41) is 11.6. The lowest BCUT2D eigenvalue weighted by Crippen LogP contribution is -2.59. The third-order valence-electron chi connectivity index (χ3n) is 4.80. The lowest BCUT2D eigenvalue weighted by atomic mass is 9.53. The van der Waals surface area contributed by atoms with Crippen molar-refractivity contribution in [2.75, 3.05) is 0 Å². The molecule has 98 valence electrons. The lowest BCUT2D eigenvalue weighted by Gasteiger charge is -2.56. The Morgan fingerprint density at radius 2 is 1.50 bits per heavy atom. The molecule has 2 N–H and O–H groups in total. The molecule has 0 saturated heterocycles. The maximum absolute atomic E-state index is 11.8. The highest BCUT2D eigenvalue weighted by molar-refractivity contribution is 5.94. The summed E-state index contributed by atoms with van der Waals surface area (Å²) in [7, 11) is 0.